The Morgan fingerprint density at radius 1 is 1.35 bits per heavy atom. The van der Waals surface area contributed by atoms with Gasteiger partial charge < -0.3 is 19.8 Å². The number of aliphatic hydroxyl groups is 2. The van der Waals surface area contributed by atoms with Crippen LogP contribution in [0, 0.1) is 0 Å². The van der Waals surface area contributed by atoms with E-state index in [1.807, 2.05) is 0 Å². The van der Waals surface area contributed by atoms with Crippen molar-refractivity contribution in [2.45, 2.75) is 18.6 Å². The molecule has 1 fully saturated rings. The summed E-state index contributed by atoms with van der Waals surface area (Å²) in [5.41, 5.74) is 0.244. The molecule has 0 radical (unpaired) electrons. The van der Waals surface area contributed by atoms with Crippen LogP contribution >= 0.6 is 23.2 Å². The third kappa shape index (κ3) is 3.01. The molecule has 2 rings (SSSR count). The van der Waals surface area contributed by atoms with Gasteiger partial charge in [0.15, 0.2) is 0 Å². The number of ether oxygens (including phenoxy) is 1. The van der Waals surface area contributed by atoms with Gasteiger partial charge in [-0.2, -0.15) is 0 Å². The number of carbonyl (C=O) groups is 1. The van der Waals surface area contributed by atoms with Crippen LogP contribution < -0.4 is 4.74 Å². The SMILES string of the molecule is COc1c(Cl)cc(Cl)cc1C(=O)N1CCC(O)C(O)C1. The molecule has 1 saturated heterocycles. The minimum atomic E-state index is -0.951. The van der Waals surface area contributed by atoms with Gasteiger partial charge in [-0.25, -0.2) is 0 Å². The van der Waals surface area contributed by atoms with Crippen LogP contribution in [0.3, 0.4) is 0 Å². The maximum absolute atomic E-state index is 12.5. The lowest BCUT2D eigenvalue weighted by atomic mass is 10.0. The van der Waals surface area contributed by atoms with Crippen LogP contribution in [0.2, 0.25) is 10.0 Å². The van der Waals surface area contributed by atoms with E-state index < -0.39 is 12.2 Å². The summed E-state index contributed by atoms with van der Waals surface area (Å²) in [6.07, 6.45) is -1.43. The maximum Gasteiger partial charge on any atom is 0.257 e. The van der Waals surface area contributed by atoms with E-state index in [0.717, 1.165) is 0 Å². The Morgan fingerprint density at radius 3 is 2.65 bits per heavy atom. The summed E-state index contributed by atoms with van der Waals surface area (Å²) in [5, 5.41) is 19.7. The molecule has 2 atom stereocenters. The Hall–Kier alpha value is -1.01. The second-order valence-electron chi connectivity index (χ2n) is 4.64. The molecule has 7 heteroatoms. The molecule has 0 spiro atoms. The molecule has 0 bridgehead atoms. The second kappa shape index (κ2) is 6.18. The maximum atomic E-state index is 12.5. The van der Waals surface area contributed by atoms with Crippen molar-refractivity contribution in [1.82, 2.24) is 4.90 Å². The number of amides is 1. The molecule has 2 unspecified atom stereocenters. The van der Waals surface area contributed by atoms with Crippen LogP contribution in [0.25, 0.3) is 0 Å². The van der Waals surface area contributed by atoms with Crippen molar-refractivity contribution < 1.29 is 19.7 Å². The summed E-state index contributed by atoms with van der Waals surface area (Å²) in [6, 6.07) is 2.97. The number of methoxy groups -OCH3 is 1. The first-order valence-electron chi connectivity index (χ1n) is 6.12. The van der Waals surface area contributed by atoms with Gasteiger partial charge in [0, 0.05) is 18.1 Å². The van der Waals surface area contributed by atoms with E-state index in [-0.39, 0.29) is 28.8 Å². The second-order valence-corrected chi connectivity index (χ2v) is 5.49. The topological polar surface area (TPSA) is 70.0 Å². The molecule has 1 heterocycles. The van der Waals surface area contributed by atoms with Crippen LogP contribution in [0.1, 0.15) is 16.8 Å². The Balaban J connectivity index is 2.29. The number of likely N-dealkylation sites (tertiary alicyclic amines) is 1. The molecular formula is C13H15Cl2NO4. The number of aliphatic hydroxyl groups excluding tert-OH is 2. The van der Waals surface area contributed by atoms with Crippen molar-refractivity contribution in [1.29, 1.82) is 0 Å². The number of hydrogen-bond acceptors (Lipinski definition) is 4. The first kappa shape index (κ1) is 15.4. The molecule has 1 aromatic carbocycles. The van der Waals surface area contributed by atoms with Crippen molar-refractivity contribution in [3.05, 3.63) is 27.7 Å². The first-order chi connectivity index (χ1) is 9.43. The largest absolute Gasteiger partial charge is 0.494 e. The van der Waals surface area contributed by atoms with Crippen LogP contribution in [-0.2, 0) is 0 Å². The molecule has 0 saturated carbocycles. The number of carbonyl (C=O) groups excluding carboxylic acids is 1. The molecule has 110 valence electrons. The molecule has 2 N–H and O–H groups in total. The number of benzene rings is 1. The summed E-state index contributed by atoms with van der Waals surface area (Å²) < 4.78 is 5.14. The standard InChI is InChI=1S/C13H15Cl2NO4/c1-20-12-8(4-7(14)5-9(12)15)13(19)16-3-2-10(17)11(18)6-16/h4-5,10-11,17-18H,2-3,6H2,1H3. The fourth-order valence-electron chi connectivity index (χ4n) is 2.20. The molecule has 1 aliphatic heterocycles. The van der Waals surface area contributed by atoms with Crippen molar-refractivity contribution >= 4 is 29.1 Å². The van der Waals surface area contributed by atoms with E-state index in [1.54, 1.807) is 0 Å². The lowest BCUT2D eigenvalue weighted by molar-refractivity contribution is -0.0322. The Kier molecular flexibility index (Phi) is 4.75. The van der Waals surface area contributed by atoms with Gasteiger partial charge in [-0.15, -0.1) is 0 Å². The van der Waals surface area contributed by atoms with Crippen LogP contribution in [0.5, 0.6) is 5.75 Å². The van der Waals surface area contributed by atoms with E-state index in [2.05, 4.69) is 0 Å². The summed E-state index contributed by atoms with van der Waals surface area (Å²) in [5.74, 6) is -0.0844. The van der Waals surface area contributed by atoms with Gasteiger partial charge >= 0.3 is 0 Å². The smallest absolute Gasteiger partial charge is 0.257 e. The average Bonchev–Trinajstić information content (AvgIpc) is 2.40. The lowest BCUT2D eigenvalue weighted by Crippen LogP contribution is -2.49. The zero-order chi connectivity index (χ0) is 14.9. The van der Waals surface area contributed by atoms with Gasteiger partial charge in [0.1, 0.15) is 5.75 Å². The molecule has 1 aromatic rings. The number of β-amino-alcohol motifs (C(OH)–C–C–N with tert-alkyl or cyclic N) is 1. The predicted octanol–water partition coefficient (Wildman–Crippen LogP) is 1.57. The van der Waals surface area contributed by atoms with Crippen LogP contribution in [0.4, 0.5) is 0 Å². The molecule has 1 aliphatic rings. The lowest BCUT2D eigenvalue weighted by Gasteiger charge is -2.33. The number of hydrogen-bond donors (Lipinski definition) is 2. The predicted molar refractivity (Wildman–Crippen MR) is 75.5 cm³/mol. The highest BCUT2D eigenvalue weighted by atomic mass is 35.5. The Morgan fingerprint density at radius 2 is 2.05 bits per heavy atom. The van der Waals surface area contributed by atoms with E-state index in [4.69, 9.17) is 27.9 Å². The molecule has 0 aliphatic carbocycles. The third-order valence-electron chi connectivity index (χ3n) is 3.28. The van der Waals surface area contributed by atoms with E-state index in [0.29, 0.717) is 18.0 Å². The van der Waals surface area contributed by atoms with Gasteiger partial charge in [-0.05, 0) is 18.6 Å². The summed E-state index contributed by atoms with van der Waals surface area (Å²) in [7, 11) is 1.42. The fraction of sp³-hybridized carbons (Fsp3) is 0.462. The van der Waals surface area contributed by atoms with Crippen molar-refractivity contribution in [3.8, 4) is 5.75 Å². The van der Waals surface area contributed by atoms with Crippen LogP contribution in [-0.4, -0.2) is 53.4 Å². The van der Waals surface area contributed by atoms with E-state index in [9.17, 15) is 15.0 Å². The van der Waals surface area contributed by atoms with Gasteiger partial charge in [0.2, 0.25) is 0 Å². The Bertz CT molecular complexity index is 523. The van der Waals surface area contributed by atoms with Crippen molar-refractivity contribution in [2.75, 3.05) is 20.2 Å². The number of halogens is 2. The highest BCUT2D eigenvalue weighted by Gasteiger charge is 2.30. The molecule has 1 amide bonds. The van der Waals surface area contributed by atoms with Gasteiger partial charge in [0.05, 0.1) is 29.9 Å². The minimum absolute atomic E-state index is 0.0628. The van der Waals surface area contributed by atoms with E-state index in [1.165, 1.54) is 24.1 Å². The number of nitrogens with zero attached hydrogens (tertiary/aromatic N) is 1. The van der Waals surface area contributed by atoms with Gasteiger partial charge in [0.25, 0.3) is 5.91 Å². The third-order valence-corrected chi connectivity index (χ3v) is 3.78. The summed E-state index contributed by atoms with van der Waals surface area (Å²) >= 11 is 11.9. The van der Waals surface area contributed by atoms with E-state index >= 15 is 0 Å². The zero-order valence-corrected chi connectivity index (χ0v) is 12.4. The average molecular weight is 320 g/mol. The molecule has 5 nitrogen and oxygen atoms in total. The molecule has 0 aromatic heterocycles. The van der Waals surface area contributed by atoms with Crippen molar-refractivity contribution in [3.63, 3.8) is 0 Å². The molecular weight excluding hydrogens is 305 g/mol. The first-order valence-corrected chi connectivity index (χ1v) is 6.88. The normalized spacial score (nSPS) is 22.8. The van der Waals surface area contributed by atoms with Crippen molar-refractivity contribution in [2.24, 2.45) is 0 Å². The fourth-order valence-corrected chi connectivity index (χ4v) is 2.77. The van der Waals surface area contributed by atoms with Gasteiger partial charge in [-0.1, -0.05) is 23.2 Å². The van der Waals surface area contributed by atoms with Crippen LogP contribution in [0.15, 0.2) is 12.1 Å². The number of piperidine rings is 1. The Labute approximate surface area is 126 Å². The zero-order valence-electron chi connectivity index (χ0n) is 10.8. The monoisotopic (exact) mass is 319 g/mol. The van der Waals surface area contributed by atoms with Gasteiger partial charge in [-0.3, -0.25) is 4.79 Å². The minimum Gasteiger partial charge on any atom is -0.494 e. The highest BCUT2D eigenvalue weighted by molar-refractivity contribution is 6.36. The molecule has 20 heavy (non-hydrogen) atoms. The number of rotatable bonds is 2. The quantitative estimate of drug-likeness (QED) is 0.868. The summed E-state index contributed by atoms with van der Waals surface area (Å²) in [6.45, 7) is 0.414. The highest BCUT2D eigenvalue weighted by Crippen LogP contribution is 2.33. The summed E-state index contributed by atoms with van der Waals surface area (Å²) in [4.78, 5) is 13.9.